The van der Waals surface area contributed by atoms with Gasteiger partial charge >= 0.3 is 5.97 Å². The van der Waals surface area contributed by atoms with Gasteiger partial charge in [-0.05, 0) is 20.3 Å². The Kier molecular flexibility index (Phi) is 6.54. The van der Waals surface area contributed by atoms with Crippen LogP contribution in [0.5, 0.6) is 0 Å². The summed E-state index contributed by atoms with van der Waals surface area (Å²) in [5, 5.41) is 9.84. The summed E-state index contributed by atoms with van der Waals surface area (Å²) in [5.41, 5.74) is -0.901. The van der Waals surface area contributed by atoms with E-state index in [1.54, 1.807) is 13.8 Å². The van der Waals surface area contributed by atoms with Crippen molar-refractivity contribution in [1.29, 1.82) is 0 Å². The summed E-state index contributed by atoms with van der Waals surface area (Å²) < 4.78 is 4.79. The molecule has 0 amide bonds. The number of aliphatic hydroxyl groups is 1. The third-order valence-electron chi connectivity index (χ3n) is 2.15. The highest BCUT2D eigenvalue weighted by Gasteiger charge is 2.24. The standard InChI is InChI=1S/C11H22O3/c1-4-6-7-8-11(3,13)9-10(12)14-5-2/h13H,4-9H2,1-3H3. The highest BCUT2D eigenvalue weighted by molar-refractivity contribution is 5.70. The minimum atomic E-state index is -0.901. The number of rotatable bonds is 7. The molecule has 0 fully saturated rings. The molecule has 0 saturated heterocycles. The maximum Gasteiger partial charge on any atom is 0.308 e. The summed E-state index contributed by atoms with van der Waals surface area (Å²) >= 11 is 0. The van der Waals surface area contributed by atoms with E-state index in [2.05, 4.69) is 6.92 Å². The van der Waals surface area contributed by atoms with Crippen LogP contribution in [0.4, 0.5) is 0 Å². The maximum absolute atomic E-state index is 11.1. The fraction of sp³-hybridized carbons (Fsp3) is 0.909. The van der Waals surface area contributed by atoms with E-state index in [4.69, 9.17) is 4.74 Å². The molecule has 0 aliphatic heterocycles. The zero-order valence-electron chi connectivity index (χ0n) is 9.51. The number of carbonyl (C=O) groups is 1. The molecule has 84 valence electrons. The van der Waals surface area contributed by atoms with Gasteiger partial charge in [0.1, 0.15) is 0 Å². The van der Waals surface area contributed by atoms with Crippen LogP contribution in [-0.4, -0.2) is 23.3 Å². The van der Waals surface area contributed by atoms with E-state index in [0.29, 0.717) is 13.0 Å². The van der Waals surface area contributed by atoms with Crippen LogP contribution in [0.2, 0.25) is 0 Å². The second kappa shape index (κ2) is 6.82. The molecule has 0 aromatic carbocycles. The molecular weight excluding hydrogens is 180 g/mol. The van der Waals surface area contributed by atoms with Gasteiger partial charge in [-0.2, -0.15) is 0 Å². The van der Waals surface area contributed by atoms with Crippen LogP contribution >= 0.6 is 0 Å². The van der Waals surface area contributed by atoms with Crippen molar-refractivity contribution in [2.24, 2.45) is 0 Å². The molecule has 0 heterocycles. The third kappa shape index (κ3) is 6.89. The molecule has 0 saturated carbocycles. The average Bonchev–Trinajstić information content (AvgIpc) is 2.03. The normalized spacial score (nSPS) is 14.9. The largest absolute Gasteiger partial charge is 0.466 e. The molecule has 1 atom stereocenters. The van der Waals surface area contributed by atoms with Crippen molar-refractivity contribution in [2.45, 2.75) is 58.5 Å². The van der Waals surface area contributed by atoms with Gasteiger partial charge in [0.25, 0.3) is 0 Å². The second-order valence-electron chi connectivity index (χ2n) is 3.94. The number of carbonyl (C=O) groups excluding carboxylic acids is 1. The summed E-state index contributed by atoms with van der Waals surface area (Å²) in [4.78, 5) is 11.1. The number of hydrogen-bond acceptors (Lipinski definition) is 3. The predicted octanol–water partition coefficient (Wildman–Crippen LogP) is 2.27. The van der Waals surface area contributed by atoms with Crippen LogP contribution in [0.3, 0.4) is 0 Å². The lowest BCUT2D eigenvalue weighted by atomic mass is 9.95. The van der Waals surface area contributed by atoms with Gasteiger partial charge in [-0.25, -0.2) is 0 Å². The van der Waals surface area contributed by atoms with Crippen molar-refractivity contribution < 1.29 is 14.6 Å². The Bertz CT molecular complexity index is 164. The molecule has 0 aliphatic rings. The van der Waals surface area contributed by atoms with Gasteiger partial charge in [0.05, 0.1) is 18.6 Å². The Morgan fingerprint density at radius 3 is 2.50 bits per heavy atom. The zero-order chi connectivity index (χ0) is 11.0. The van der Waals surface area contributed by atoms with Crippen molar-refractivity contribution in [2.75, 3.05) is 6.61 Å². The van der Waals surface area contributed by atoms with Crippen molar-refractivity contribution in [3.8, 4) is 0 Å². The highest BCUT2D eigenvalue weighted by Crippen LogP contribution is 2.18. The van der Waals surface area contributed by atoms with Crippen molar-refractivity contribution >= 4 is 5.97 Å². The smallest absolute Gasteiger partial charge is 0.308 e. The first kappa shape index (κ1) is 13.4. The van der Waals surface area contributed by atoms with Crippen LogP contribution in [0.1, 0.15) is 52.9 Å². The first-order valence-electron chi connectivity index (χ1n) is 5.40. The highest BCUT2D eigenvalue weighted by atomic mass is 16.5. The number of hydrogen-bond donors (Lipinski definition) is 1. The lowest BCUT2D eigenvalue weighted by molar-refractivity contribution is -0.148. The van der Waals surface area contributed by atoms with Crippen LogP contribution in [0.15, 0.2) is 0 Å². The van der Waals surface area contributed by atoms with Crippen LogP contribution < -0.4 is 0 Å². The van der Waals surface area contributed by atoms with Gasteiger partial charge in [-0.3, -0.25) is 4.79 Å². The van der Waals surface area contributed by atoms with Gasteiger partial charge in [-0.15, -0.1) is 0 Å². The molecular formula is C11H22O3. The lowest BCUT2D eigenvalue weighted by Gasteiger charge is -2.21. The van der Waals surface area contributed by atoms with Crippen molar-refractivity contribution in [3.05, 3.63) is 0 Å². The van der Waals surface area contributed by atoms with Crippen molar-refractivity contribution in [1.82, 2.24) is 0 Å². The van der Waals surface area contributed by atoms with Crippen LogP contribution in [0.25, 0.3) is 0 Å². The Morgan fingerprint density at radius 2 is 2.00 bits per heavy atom. The zero-order valence-corrected chi connectivity index (χ0v) is 9.51. The molecule has 3 nitrogen and oxygen atoms in total. The fourth-order valence-electron chi connectivity index (χ4n) is 1.37. The molecule has 0 aromatic rings. The minimum absolute atomic E-state index is 0.102. The number of ether oxygens (including phenoxy) is 1. The summed E-state index contributed by atoms with van der Waals surface area (Å²) in [7, 11) is 0. The summed E-state index contributed by atoms with van der Waals surface area (Å²) in [6.45, 7) is 5.95. The summed E-state index contributed by atoms with van der Waals surface area (Å²) in [6, 6.07) is 0. The quantitative estimate of drug-likeness (QED) is 0.509. The molecule has 0 spiro atoms. The number of unbranched alkanes of at least 4 members (excludes halogenated alkanes) is 2. The molecule has 1 N–H and O–H groups in total. The van der Waals surface area contributed by atoms with E-state index in [1.807, 2.05) is 0 Å². The summed E-state index contributed by atoms with van der Waals surface area (Å²) in [6.07, 6.45) is 3.95. The molecule has 3 heteroatoms. The van der Waals surface area contributed by atoms with E-state index >= 15 is 0 Å². The lowest BCUT2D eigenvalue weighted by Crippen LogP contribution is -2.28. The van der Waals surface area contributed by atoms with E-state index in [0.717, 1.165) is 19.3 Å². The molecule has 0 bridgehead atoms. The van der Waals surface area contributed by atoms with Gasteiger partial charge in [0, 0.05) is 0 Å². The third-order valence-corrected chi connectivity index (χ3v) is 2.15. The maximum atomic E-state index is 11.1. The molecule has 0 rings (SSSR count). The average molecular weight is 202 g/mol. The first-order valence-corrected chi connectivity index (χ1v) is 5.40. The minimum Gasteiger partial charge on any atom is -0.466 e. The second-order valence-corrected chi connectivity index (χ2v) is 3.94. The van der Waals surface area contributed by atoms with Gasteiger partial charge in [0.2, 0.25) is 0 Å². The van der Waals surface area contributed by atoms with Crippen molar-refractivity contribution in [3.63, 3.8) is 0 Å². The Balaban J connectivity index is 3.75. The van der Waals surface area contributed by atoms with Gasteiger partial charge in [0.15, 0.2) is 0 Å². The fourth-order valence-corrected chi connectivity index (χ4v) is 1.37. The van der Waals surface area contributed by atoms with Gasteiger partial charge in [-0.1, -0.05) is 26.2 Å². The van der Waals surface area contributed by atoms with Crippen LogP contribution in [0, 0.1) is 0 Å². The molecule has 0 aliphatic carbocycles. The molecule has 1 unspecified atom stereocenters. The predicted molar refractivity (Wildman–Crippen MR) is 56.0 cm³/mol. The van der Waals surface area contributed by atoms with E-state index in [9.17, 15) is 9.90 Å². The van der Waals surface area contributed by atoms with E-state index in [1.165, 1.54) is 0 Å². The Morgan fingerprint density at radius 1 is 1.36 bits per heavy atom. The van der Waals surface area contributed by atoms with Crippen LogP contribution in [-0.2, 0) is 9.53 Å². The molecule has 14 heavy (non-hydrogen) atoms. The monoisotopic (exact) mass is 202 g/mol. The number of esters is 1. The Labute approximate surface area is 86.5 Å². The SMILES string of the molecule is CCCCCC(C)(O)CC(=O)OCC. The molecule has 0 radical (unpaired) electrons. The topological polar surface area (TPSA) is 46.5 Å². The van der Waals surface area contributed by atoms with Gasteiger partial charge < -0.3 is 9.84 Å². The molecule has 0 aromatic heterocycles. The summed E-state index contributed by atoms with van der Waals surface area (Å²) in [5.74, 6) is -0.311. The van der Waals surface area contributed by atoms with E-state index in [-0.39, 0.29) is 12.4 Å². The van der Waals surface area contributed by atoms with E-state index < -0.39 is 5.60 Å². The Hall–Kier alpha value is -0.570. The first-order chi connectivity index (χ1) is 6.52.